The standard InChI is InChI=1S/C11H19NO2/c1-9-4-3-5-12(7-9)8-10(2)6-11(13)14/h6,9H,3-5,7-8H2,1-2H3,(H,13,14)/b10-6+. The zero-order valence-electron chi connectivity index (χ0n) is 8.99. The predicted molar refractivity (Wildman–Crippen MR) is 56.2 cm³/mol. The highest BCUT2D eigenvalue weighted by Crippen LogP contribution is 2.16. The minimum atomic E-state index is -0.840. The Bertz CT molecular complexity index is 235. The van der Waals surface area contributed by atoms with Crippen LogP contribution in [-0.2, 0) is 4.79 Å². The smallest absolute Gasteiger partial charge is 0.328 e. The summed E-state index contributed by atoms with van der Waals surface area (Å²) in [6.07, 6.45) is 3.85. The summed E-state index contributed by atoms with van der Waals surface area (Å²) in [4.78, 5) is 12.8. The Morgan fingerprint density at radius 3 is 2.93 bits per heavy atom. The molecule has 3 nitrogen and oxygen atoms in total. The van der Waals surface area contributed by atoms with Gasteiger partial charge in [0.1, 0.15) is 0 Å². The van der Waals surface area contributed by atoms with Crippen molar-refractivity contribution in [3.8, 4) is 0 Å². The molecule has 3 heteroatoms. The van der Waals surface area contributed by atoms with Gasteiger partial charge in [0, 0.05) is 19.2 Å². The molecule has 1 saturated heterocycles. The molecule has 0 spiro atoms. The number of aliphatic carboxylic acids is 1. The second-order valence-corrected chi connectivity index (χ2v) is 4.31. The lowest BCUT2D eigenvalue weighted by molar-refractivity contribution is -0.131. The Morgan fingerprint density at radius 2 is 2.36 bits per heavy atom. The van der Waals surface area contributed by atoms with E-state index in [2.05, 4.69) is 11.8 Å². The molecule has 1 atom stereocenters. The van der Waals surface area contributed by atoms with Crippen LogP contribution in [-0.4, -0.2) is 35.6 Å². The van der Waals surface area contributed by atoms with E-state index in [0.717, 1.165) is 31.1 Å². The summed E-state index contributed by atoms with van der Waals surface area (Å²) >= 11 is 0. The minimum Gasteiger partial charge on any atom is -0.478 e. The van der Waals surface area contributed by atoms with Crippen molar-refractivity contribution >= 4 is 5.97 Å². The number of carboxylic acids is 1. The number of carbonyl (C=O) groups is 1. The second-order valence-electron chi connectivity index (χ2n) is 4.31. The highest BCUT2D eigenvalue weighted by atomic mass is 16.4. The highest BCUT2D eigenvalue weighted by Gasteiger charge is 2.15. The Balaban J connectivity index is 2.39. The molecule has 1 aliphatic heterocycles. The van der Waals surface area contributed by atoms with Crippen LogP contribution in [0, 0.1) is 5.92 Å². The molecule has 1 unspecified atom stereocenters. The first-order valence-corrected chi connectivity index (χ1v) is 5.20. The van der Waals surface area contributed by atoms with Crippen LogP contribution >= 0.6 is 0 Å². The molecular weight excluding hydrogens is 178 g/mol. The van der Waals surface area contributed by atoms with Crippen molar-refractivity contribution < 1.29 is 9.90 Å². The first-order valence-electron chi connectivity index (χ1n) is 5.20. The number of rotatable bonds is 3. The van der Waals surface area contributed by atoms with Gasteiger partial charge in [0.05, 0.1) is 0 Å². The molecule has 1 heterocycles. The van der Waals surface area contributed by atoms with E-state index in [0.29, 0.717) is 0 Å². The topological polar surface area (TPSA) is 40.5 Å². The highest BCUT2D eigenvalue weighted by molar-refractivity contribution is 5.80. The van der Waals surface area contributed by atoms with Gasteiger partial charge in [0.15, 0.2) is 0 Å². The Labute approximate surface area is 85.4 Å². The first kappa shape index (κ1) is 11.2. The largest absolute Gasteiger partial charge is 0.478 e. The molecule has 14 heavy (non-hydrogen) atoms. The summed E-state index contributed by atoms with van der Waals surface area (Å²) in [5.41, 5.74) is 0.937. The Kier molecular flexibility index (Phi) is 4.14. The van der Waals surface area contributed by atoms with Gasteiger partial charge >= 0.3 is 5.97 Å². The van der Waals surface area contributed by atoms with Crippen LogP contribution in [0.15, 0.2) is 11.6 Å². The third-order valence-electron chi connectivity index (χ3n) is 2.58. The monoisotopic (exact) mass is 197 g/mol. The SMILES string of the molecule is C/C(=C\C(=O)O)CN1CCCC(C)C1. The van der Waals surface area contributed by atoms with Crippen molar-refractivity contribution in [3.63, 3.8) is 0 Å². The third kappa shape index (κ3) is 3.92. The van der Waals surface area contributed by atoms with E-state index in [1.54, 1.807) is 0 Å². The van der Waals surface area contributed by atoms with E-state index in [9.17, 15) is 4.79 Å². The molecule has 1 rings (SSSR count). The number of nitrogens with zero attached hydrogens (tertiary/aromatic N) is 1. The Hall–Kier alpha value is -0.830. The second kappa shape index (κ2) is 5.15. The van der Waals surface area contributed by atoms with Crippen molar-refractivity contribution in [2.24, 2.45) is 5.92 Å². The molecule has 0 radical (unpaired) electrons. The van der Waals surface area contributed by atoms with E-state index in [1.807, 2.05) is 6.92 Å². The number of hydrogen-bond acceptors (Lipinski definition) is 2. The van der Waals surface area contributed by atoms with Crippen LogP contribution < -0.4 is 0 Å². The zero-order chi connectivity index (χ0) is 10.6. The van der Waals surface area contributed by atoms with Gasteiger partial charge in [-0.15, -0.1) is 0 Å². The van der Waals surface area contributed by atoms with Crippen molar-refractivity contribution in [3.05, 3.63) is 11.6 Å². The molecule has 0 aromatic heterocycles. The lowest BCUT2D eigenvalue weighted by Crippen LogP contribution is -2.35. The zero-order valence-corrected chi connectivity index (χ0v) is 8.99. The maximum atomic E-state index is 10.4. The van der Waals surface area contributed by atoms with Crippen molar-refractivity contribution in [2.75, 3.05) is 19.6 Å². The van der Waals surface area contributed by atoms with E-state index in [-0.39, 0.29) is 0 Å². The fourth-order valence-electron chi connectivity index (χ4n) is 2.04. The van der Waals surface area contributed by atoms with Crippen molar-refractivity contribution in [1.82, 2.24) is 4.90 Å². The average Bonchev–Trinajstić information content (AvgIpc) is 2.01. The number of likely N-dealkylation sites (tertiary alicyclic amines) is 1. The lowest BCUT2D eigenvalue weighted by atomic mass is 10.00. The van der Waals surface area contributed by atoms with Crippen molar-refractivity contribution in [1.29, 1.82) is 0 Å². The maximum absolute atomic E-state index is 10.4. The van der Waals surface area contributed by atoms with Gasteiger partial charge < -0.3 is 5.11 Å². The van der Waals surface area contributed by atoms with Crippen LogP contribution in [0.2, 0.25) is 0 Å². The van der Waals surface area contributed by atoms with Gasteiger partial charge in [0.2, 0.25) is 0 Å². The summed E-state index contributed by atoms with van der Waals surface area (Å²) < 4.78 is 0. The summed E-state index contributed by atoms with van der Waals surface area (Å²) in [6.45, 7) is 7.15. The molecular formula is C11H19NO2. The molecule has 1 aliphatic rings. The molecule has 0 amide bonds. The molecule has 0 bridgehead atoms. The summed E-state index contributed by atoms with van der Waals surface area (Å²) in [7, 11) is 0. The van der Waals surface area contributed by atoms with Crippen LogP contribution in [0.25, 0.3) is 0 Å². The lowest BCUT2D eigenvalue weighted by Gasteiger charge is -2.30. The number of hydrogen-bond donors (Lipinski definition) is 1. The van der Waals surface area contributed by atoms with Crippen LogP contribution in [0.5, 0.6) is 0 Å². The predicted octanol–water partition coefficient (Wildman–Crippen LogP) is 1.75. The fraction of sp³-hybridized carbons (Fsp3) is 0.727. The Morgan fingerprint density at radius 1 is 1.64 bits per heavy atom. The minimum absolute atomic E-state index is 0.751. The molecule has 0 aliphatic carbocycles. The van der Waals surface area contributed by atoms with Gasteiger partial charge in [-0.3, -0.25) is 4.90 Å². The average molecular weight is 197 g/mol. The van der Waals surface area contributed by atoms with Crippen LogP contribution in [0.3, 0.4) is 0 Å². The molecule has 0 saturated carbocycles. The van der Waals surface area contributed by atoms with Crippen molar-refractivity contribution in [2.45, 2.75) is 26.7 Å². The first-order chi connectivity index (χ1) is 6.58. The quantitative estimate of drug-likeness (QED) is 0.701. The summed E-state index contributed by atoms with van der Waals surface area (Å²) in [6, 6.07) is 0. The number of piperidine rings is 1. The molecule has 80 valence electrons. The van der Waals surface area contributed by atoms with Gasteiger partial charge in [-0.05, 0) is 32.2 Å². The summed E-state index contributed by atoms with van der Waals surface area (Å²) in [5, 5.41) is 8.57. The third-order valence-corrected chi connectivity index (χ3v) is 2.58. The van der Waals surface area contributed by atoms with Crippen LogP contribution in [0.1, 0.15) is 26.7 Å². The summed E-state index contributed by atoms with van der Waals surface area (Å²) in [5.74, 6) is -0.0889. The van der Waals surface area contributed by atoms with Gasteiger partial charge in [-0.25, -0.2) is 4.79 Å². The van der Waals surface area contributed by atoms with E-state index in [1.165, 1.54) is 18.9 Å². The molecule has 0 aromatic carbocycles. The fourth-order valence-corrected chi connectivity index (χ4v) is 2.04. The number of carboxylic acid groups (broad SMARTS) is 1. The van der Waals surface area contributed by atoms with Gasteiger partial charge in [-0.2, -0.15) is 0 Å². The maximum Gasteiger partial charge on any atom is 0.328 e. The van der Waals surface area contributed by atoms with Crippen LogP contribution in [0.4, 0.5) is 0 Å². The molecule has 1 fully saturated rings. The molecule has 1 N–H and O–H groups in total. The van der Waals surface area contributed by atoms with Gasteiger partial charge in [0.25, 0.3) is 0 Å². The van der Waals surface area contributed by atoms with E-state index < -0.39 is 5.97 Å². The van der Waals surface area contributed by atoms with E-state index >= 15 is 0 Å². The normalized spacial score (nSPS) is 25.0. The van der Waals surface area contributed by atoms with E-state index in [4.69, 9.17) is 5.11 Å². The van der Waals surface area contributed by atoms with Gasteiger partial charge in [-0.1, -0.05) is 12.5 Å². The molecule has 0 aromatic rings.